The van der Waals surface area contributed by atoms with Crippen LogP contribution in [0.1, 0.15) is 25.7 Å². The van der Waals surface area contributed by atoms with Crippen molar-refractivity contribution >= 4 is 0 Å². The van der Waals surface area contributed by atoms with Gasteiger partial charge in [0.05, 0.1) is 18.3 Å². The summed E-state index contributed by atoms with van der Waals surface area (Å²) in [5, 5.41) is 14.5. The summed E-state index contributed by atoms with van der Waals surface area (Å²) in [5.41, 5.74) is 0.558. The molecule has 102 valence electrons. The third kappa shape index (κ3) is 2.70. The van der Waals surface area contributed by atoms with E-state index in [1.807, 2.05) is 14.0 Å². The zero-order valence-electron chi connectivity index (χ0n) is 11.1. The first kappa shape index (κ1) is 13.4. The van der Waals surface area contributed by atoms with E-state index >= 15 is 0 Å². The third-order valence-corrected chi connectivity index (χ3v) is 2.77. The van der Waals surface area contributed by atoms with Gasteiger partial charge in [-0.1, -0.05) is 0 Å². The summed E-state index contributed by atoms with van der Waals surface area (Å²) in [6.45, 7) is 4.15. The molecule has 0 aliphatic heterocycles. The zero-order valence-corrected chi connectivity index (χ0v) is 11.1. The van der Waals surface area contributed by atoms with Crippen molar-refractivity contribution in [2.45, 2.75) is 19.9 Å². The van der Waals surface area contributed by atoms with Gasteiger partial charge in [-0.25, -0.2) is 4.39 Å². The average molecular weight is 265 g/mol. The molecule has 1 atom stereocenters. The number of rotatable bonds is 5. The van der Waals surface area contributed by atoms with E-state index in [1.54, 1.807) is 19.1 Å². The van der Waals surface area contributed by atoms with Crippen molar-refractivity contribution in [2.24, 2.45) is 0 Å². The number of benzene rings is 1. The van der Waals surface area contributed by atoms with Crippen LogP contribution in [0.5, 0.6) is 5.75 Å². The lowest BCUT2D eigenvalue weighted by Gasteiger charge is -2.11. The summed E-state index contributed by atoms with van der Waals surface area (Å²) in [6.07, 6.45) is 0. The summed E-state index contributed by atoms with van der Waals surface area (Å²) in [7, 11) is 1.81. The number of nitrogens with one attached hydrogen (secondary N) is 1. The lowest BCUT2D eigenvalue weighted by molar-refractivity contribution is 0.321. The SMILES string of the molecule is CCOc1ccc(-n2nnnc2C(C)NC)cc1F. The molecule has 6 nitrogen and oxygen atoms in total. The van der Waals surface area contributed by atoms with Crippen LogP contribution in [0.15, 0.2) is 18.2 Å². The zero-order chi connectivity index (χ0) is 13.8. The second kappa shape index (κ2) is 5.75. The van der Waals surface area contributed by atoms with Gasteiger partial charge in [0.2, 0.25) is 0 Å². The Labute approximate surface area is 110 Å². The highest BCUT2D eigenvalue weighted by molar-refractivity contribution is 5.38. The molecule has 0 bridgehead atoms. The van der Waals surface area contributed by atoms with Gasteiger partial charge in [0.1, 0.15) is 0 Å². The topological polar surface area (TPSA) is 64.9 Å². The first-order chi connectivity index (χ1) is 9.17. The van der Waals surface area contributed by atoms with Crippen LogP contribution in [0, 0.1) is 5.82 Å². The maximum atomic E-state index is 13.8. The molecular formula is C12H16FN5O. The highest BCUT2D eigenvalue weighted by Gasteiger charge is 2.15. The van der Waals surface area contributed by atoms with Crippen molar-refractivity contribution in [3.05, 3.63) is 29.8 Å². The van der Waals surface area contributed by atoms with Crippen LogP contribution in [-0.2, 0) is 0 Å². The molecular weight excluding hydrogens is 249 g/mol. The van der Waals surface area contributed by atoms with Gasteiger partial charge in [-0.2, -0.15) is 4.68 Å². The number of hydrogen-bond acceptors (Lipinski definition) is 5. The van der Waals surface area contributed by atoms with E-state index in [2.05, 4.69) is 20.8 Å². The summed E-state index contributed by atoms with van der Waals surface area (Å²) in [4.78, 5) is 0. The molecule has 0 radical (unpaired) electrons. The van der Waals surface area contributed by atoms with Gasteiger partial charge in [-0.15, -0.1) is 5.10 Å². The Morgan fingerprint density at radius 1 is 1.47 bits per heavy atom. The molecule has 0 amide bonds. The highest BCUT2D eigenvalue weighted by atomic mass is 19.1. The molecule has 0 spiro atoms. The maximum absolute atomic E-state index is 13.8. The van der Waals surface area contributed by atoms with Gasteiger partial charge >= 0.3 is 0 Å². The highest BCUT2D eigenvalue weighted by Crippen LogP contribution is 2.21. The molecule has 2 aromatic rings. The van der Waals surface area contributed by atoms with E-state index in [9.17, 15) is 4.39 Å². The fourth-order valence-corrected chi connectivity index (χ4v) is 1.67. The summed E-state index contributed by atoms with van der Waals surface area (Å²) in [6, 6.07) is 4.61. The monoisotopic (exact) mass is 265 g/mol. The largest absolute Gasteiger partial charge is 0.491 e. The normalized spacial score (nSPS) is 12.4. The van der Waals surface area contributed by atoms with Gasteiger partial charge in [0, 0.05) is 6.07 Å². The van der Waals surface area contributed by atoms with E-state index in [0.29, 0.717) is 18.1 Å². The molecule has 0 aliphatic carbocycles. The number of tetrazole rings is 1. The number of aromatic nitrogens is 4. The minimum atomic E-state index is -0.432. The first-order valence-electron chi connectivity index (χ1n) is 6.05. The van der Waals surface area contributed by atoms with Crippen molar-refractivity contribution in [3.63, 3.8) is 0 Å². The second-order valence-corrected chi connectivity index (χ2v) is 4.01. The molecule has 1 aromatic carbocycles. The Balaban J connectivity index is 2.37. The Morgan fingerprint density at radius 3 is 2.89 bits per heavy atom. The van der Waals surface area contributed by atoms with Crippen molar-refractivity contribution in [1.29, 1.82) is 0 Å². The quantitative estimate of drug-likeness (QED) is 0.887. The van der Waals surface area contributed by atoms with Crippen molar-refractivity contribution in [1.82, 2.24) is 25.5 Å². The van der Waals surface area contributed by atoms with E-state index in [0.717, 1.165) is 0 Å². The second-order valence-electron chi connectivity index (χ2n) is 4.01. The van der Waals surface area contributed by atoms with E-state index in [4.69, 9.17) is 4.74 Å². The fourth-order valence-electron chi connectivity index (χ4n) is 1.67. The van der Waals surface area contributed by atoms with Gasteiger partial charge in [0.15, 0.2) is 17.4 Å². The third-order valence-electron chi connectivity index (χ3n) is 2.77. The van der Waals surface area contributed by atoms with Crippen LogP contribution in [0.2, 0.25) is 0 Å². The van der Waals surface area contributed by atoms with Crippen LogP contribution >= 0.6 is 0 Å². The van der Waals surface area contributed by atoms with Gasteiger partial charge in [-0.05, 0) is 43.5 Å². The number of hydrogen-bond donors (Lipinski definition) is 1. The van der Waals surface area contributed by atoms with Crippen LogP contribution in [0.3, 0.4) is 0 Å². The minimum absolute atomic E-state index is 0.0374. The Hall–Kier alpha value is -2.02. The average Bonchev–Trinajstić information content (AvgIpc) is 2.89. The molecule has 1 heterocycles. The molecule has 1 N–H and O–H groups in total. The number of ether oxygens (including phenoxy) is 1. The lowest BCUT2D eigenvalue weighted by Crippen LogP contribution is -2.17. The molecule has 0 aliphatic rings. The minimum Gasteiger partial charge on any atom is -0.491 e. The number of halogens is 1. The van der Waals surface area contributed by atoms with Crippen molar-refractivity contribution in [2.75, 3.05) is 13.7 Å². The van der Waals surface area contributed by atoms with Gasteiger partial charge in [-0.3, -0.25) is 0 Å². The van der Waals surface area contributed by atoms with Gasteiger partial charge < -0.3 is 10.1 Å². The van der Waals surface area contributed by atoms with Crippen molar-refractivity contribution < 1.29 is 9.13 Å². The fraction of sp³-hybridized carbons (Fsp3) is 0.417. The molecule has 1 unspecified atom stereocenters. The molecule has 19 heavy (non-hydrogen) atoms. The van der Waals surface area contributed by atoms with Crippen LogP contribution < -0.4 is 10.1 Å². The Morgan fingerprint density at radius 2 is 2.26 bits per heavy atom. The lowest BCUT2D eigenvalue weighted by atomic mass is 10.2. The van der Waals surface area contributed by atoms with Gasteiger partial charge in [0.25, 0.3) is 0 Å². The molecule has 0 fully saturated rings. The molecule has 1 aromatic heterocycles. The summed E-state index contributed by atoms with van der Waals surface area (Å²) >= 11 is 0. The van der Waals surface area contributed by atoms with Crippen LogP contribution in [-0.4, -0.2) is 33.9 Å². The number of nitrogens with zero attached hydrogens (tertiary/aromatic N) is 4. The van der Waals surface area contributed by atoms with E-state index in [-0.39, 0.29) is 11.8 Å². The predicted molar refractivity (Wildman–Crippen MR) is 67.8 cm³/mol. The summed E-state index contributed by atoms with van der Waals surface area (Å²) in [5.74, 6) is 0.409. The van der Waals surface area contributed by atoms with E-state index in [1.165, 1.54) is 10.7 Å². The summed E-state index contributed by atoms with van der Waals surface area (Å²) < 4.78 is 20.5. The predicted octanol–water partition coefficient (Wildman–Crippen LogP) is 1.48. The molecule has 0 saturated carbocycles. The van der Waals surface area contributed by atoms with E-state index < -0.39 is 5.82 Å². The smallest absolute Gasteiger partial charge is 0.173 e. The van der Waals surface area contributed by atoms with Crippen molar-refractivity contribution in [3.8, 4) is 11.4 Å². The van der Waals surface area contributed by atoms with Crippen LogP contribution in [0.4, 0.5) is 4.39 Å². The first-order valence-corrected chi connectivity index (χ1v) is 6.05. The molecule has 2 rings (SSSR count). The Kier molecular flexibility index (Phi) is 4.06. The Bertz CT molecular complexity index is 557. The van der Waals surface area contributed by atoms with Crippen LogP contribution in [0.25, 0.3) is 5.69 Å². The standard InChI is InChI=1S/C12H16FN5O/c1-4-19-11-6-5-9(7-10(11)13)18-12(8(2)14-3)15-16-17-18/h5-8,14H,4H2,1-3H3. The maximum Gasteiger partial charge on any atom is 0.173 e. The molecule has 0 saturated heterocycles. The molecule has 7 heteroatoms.